The first-order valence-electron chi connectivity index (χ1n) is 6.65. The topological polar surface area (TPSA) is 74.1 Å². The first-order valence-corrected chi connectivity index (χ1v) is 7.02. The van der Waals surface area contributed by atoms with Gasteiger partial charge in [0.25, 0.3) is 0 Å². The van der Waals surface area contributed by atoms with Gasteiger partial charge >= 0.3 is 0 Å². The Bertz CT molecular complexity index is 658. The maximum Gasteiger partial charge on any atom is 0.210 e. The van der Waals surface area contributed by atoms with E-state index in [4.69, 9.17) is 21.1 Å². The molecule has 0 saturated carbocycles. The molecule has 2 aromatic rings. The summed E-state index contributed by atoms with van der Waals surface area (Å²) in [6.07, 6.45) is 2.03. The van der Waals surface area contributed by atoms with Crippen LogP contribution in [0, 0.1) is 0 Å². The number of tetrazole rings is 1. The summed E-state index contributed by atoms with van der Waals surface area (Å²) in [6, 6.07) is 1.94. The molecule has 2 heterocycles. The van der Waals surface area contributed by atoms with E-state index in [9.17, 15) is 0 Å². The molecule has 1 N–H and O–H groups in total. The van der Waals surface area contributed by atoms with Crippen LogP contribution in [-0.2, 0) is 17.9 Å². The van der Waals surface area contributed by atoms with Gasteiger partial charge in [-0.2, -0.15) is 0 Å². The van der Waals surface area contributed by atoms with E-state index in [1.54, 1.807) is 14.2 Å². The molecule has 0 bridgehead atoms. The number of halogens is 1. The Hall–Kier alpha value is -1.86. The van der Waals surface area contributed by atoms with Crippen molar-refractivity contribution in [3.8, 4) is 17.1 Å². The Morgan fingerprint density at radius 3 is 3.05 bits per heavy atom. The highest BCUT2D eigenvalue weighted by molar-refractivity contribution is 6.33. The smallest absolute Gasteiger partial charge is 0.210 e. The van der Waals surface area contributed by atoms with Crippen molar-refractivity contribution in [3.05, 3.63) is 16.7 Å². The number of benzene rings is 1. The monoisotopic (exact) mass is 309 g/mol. The van der Waals surface area contributed by atoms with Crippen molar-refractivity contribution in [2.45, 2.75) is 19.6 Å². The summed E-state index contributed by atoms with van der Waals surface area (Å²) in [5.41, 5.74) is 2.87. The van der Waals surface area contributed by atoms with Crippen molar-refractivity contribution >= 4 is 17.3 Å². The summed E-state index contributed by atoms with van der Waals surface area (Å²) >= 11 is 6.32. The van der Waals surface area contributed by atoms with Gasteiger partial charge in [0.05, 0.1) is 23.4 Å². The average Bonchev–Trinajstić information content (AvgIpc) is 2.94. The lowest BCUT2D eigenvalue weighted by Crippen LogP contribution is -2.14. The van der Waals surface area contributed by atoms with Crippen molar-refractivity contribution in [1.82, 2.24) is 20.2 Å². The lowest BCUT2D eigenvalue weighted by molar-refractivity contribution is 0.107. The van der Waals surface area contributed by atoms with Gasteiger partial charge in [-0.3, -0.25) is 0 Å². The first-order chi connectivity index (χ1) is 10.2. The third-order valence-corrected chi connectivity index (χ3v) is 3.65. The van der Waals surface area contributed by atoms with Crippen LogP contribution in [0.25, 0.3) is 11.4 Å². The van der Waals surface area contributed by atoms with Crippen LogP contribution in [0.1, 0.15) is 12.0 Å². The van der Waals surface area contributed by atoms with Gasteiger partial charge in [0, 0.05) is 13.7 Å². The molecule has 0 fully saturated rings. The largest absolute Gasteiger partial charge is 0.494 e. The summed E-state index contributed by atoms with van der Waals surface area (Å²) in [7, 11) is 3.16. The second-order valence-electron chi connectivity index (χ2n) is 4.73. The van der Waals surface area contributed by atoms with E-state index >= 15 is 0 Å². The van der Waals surface area contributed by atoms with E-state index in [1.807, 2.05) is 6.07 Å². The highest BCUT2D eigenvalue weighted by Gasteiger charge is 2.24. The average molecular weight is 310 g/mol. The number of nitrogens with zero attached hydrogens (tertiary/aromatic N) is 4. The molecule has 8 heteroatoms. The highest BCUT2D eigenvalue weighted by atomic mass is 35.5. The van der Waals surface area contributed by atoms with Crippen LogP contribution in [0.2, 0.25) is 5.02 Å². The Balaban J connectivity index is 2.16. The number of fused-ring (bicyclic) bond motifs is 1. The van der Waals surface area contributed by atoms with Crippen LogP contribution in [0.5, 0.6) is 5.75 Å². The number of hydrogen-bond acceptors (Lipinski definition) is 6. The lowest BCUT2D eigenvalue weighted by atomic mass is 9.98. The molecular formula is C13H16ClN5O2. The normalized spacial score (nSPS) is 13.7. The first kappa shape index (κ1) is 14.1. The van der Waals surface area contributed by atoms with Gasteiger partial charge in [0.1, 0.15) is 0 Å². The van der Waals surface area contributed by atoms with Gasteiger partial charge in [-0.15, -0.1) is 15.0 Å². The predicted molar refractivity (Wildman–Crippen MR) is 78.6 cm³/mol. The number of rotatable bonds is 4. The SMILES string of the molecule is COCn1nnc(-c2c3c(cc(Cl)c2OC)CCCN3)n1. The summed E-state index contributed by atoms with van der Waals surface area (Å²) in [6.45, 7) is 1.14. The van der Waals surface area contributed by atoms with Gasteiger partial charge in [-0.1, -0.05) is 11.6 Å². The molecule has 112 valence electrons. The molecule has 7 nitrogen and oxygen atoms in total. The summed E-state index contributed by atoms with van der Waals surface area (Å²) in [5.74, 6) is 1.03. The highest BCUT2D eigenvalue weighted by Crippen LogP contribution is 2.43. The summed E-state index contributed by atoms with van der Waals surface area (Å²) < 4.78 is 10.4. The fraction of sp³-hybridized carbons (Fsp3) is 0.462. The van der Waals surface area contributed by atoms with Crippen LogP contribution in [0.3, 0.4) is 0 Å². The van der Waals surface area contributed by atoms with E-state index in [0.717, 1.165) is 36.2 Å². The minimum absolute atomic E-state index is 0.242. The number of methoxy groups -OCH3 is 2. The van der Waals surface area contributed by atoms with Crippen molar-refractivity contribution in [1.29, 1.82) is 0 Å². The van der Waals surface area contributed by atoms with Crippen LogP contribution >= 0.6 is 11.6 Å². The van der Waals surface area contributed by atoms with Crippen LogP contribution in [-0.4, -0.2) is 41.0 Å². The van der Waals surface area contributed by atoms with E-state index in [0.29, 0.717) is 16.6 Å². The van der Waals surface area contributed by atoms with Gasteiger partial charge in [0.15, 0.2) is 12.5 Å². The molecular weight excluding hydrogens is 294 g/mol. The predicted octanol–water partition coefficient (Wildman–Crippen LogP) is 1.96. The fourth-order valence-corrected chi connectivity index (χ4v) is 2.81. The zero-order valence-corrected chi connectivity index (χ0v) is 12.6. The number of hydrogen-bond donors (Lipinski definition) is 1. The fourth-order valence-electron chi connectivity index (χ4n) is 2.50. The number of aromatic nitrogens is 4. The third kappa shape index (κ3) is 2.54. The Morgan fingerprint density at radius 2 is 2.29 bits per heavy atom. The van der Waals surface area contributed by atoms with E-state index in [2.05, 4.69) is 20.7 Å². The van der Waals surface area contributed by atoms with Crippen molar-refractivity contribution in [2.75, 3.05) is 26.1 Å². The second kappa shape index (κ2) is 5.87. The quantitative estimate of drug-likeness (QED) is 0.930. The molecule has 1 aromatic carbocycles. The number of ether oxygens (including phenoxy) is 2. The molecule has 0 spiro atoms. The van der Waals surface area contributed by atoms with Gasteiger partial charge < -0.3 is 14.8 Å². The molecule has 3 rings (SSSR count). The minimum atomic E-state index is 0.242. The molecule has 21 heavy (non-hydrogen) atoms. The number of nitrogens with one attached hydrogen (secondary N) is 1. The minimum Gasteiger partial charge on any atom is -0.494 e. The van der Waals surface area contributed by atoms with Crippen molar-refractivity contribution in [2.24, 2.45) is 0 Å². The molecule has 0 aliphatic carbocycles. The van der Waals surface area contributed by atoms with Crippen molar-refractivity contribution in [3.63, 3.8) is 0 Å². The second-order valence-corrected chi connectivity index (χ2v) is 5.14. The molecule has 0 saturated heterocycles. The van der Waals surface area contributed by atoms with Crippen molar-refractivity contribution < 1.29 is 9.47 Å². The molecule has 1 aromatic heterocycles. The maximum absolute atomic E-state index is 6.32. The van der Waals surface area contributed by atoms with Gasteiger partial charge in [0.2, 0.25) is 5.82 Å². The molecule has 1 aliphatic heterocycles. The standard InChI is InChI=1S/C13H16ClN5O2/c1-20-7-19-17-13(16-18-19)10-11-8(4-3-5-15-11)6-9(14)12(10)21-2/h6,15H,3-5,7H2,1-2H3. The molecule has 1 aliphatic rings. The summed E-state index contributed by atoms with van der Waals surface area (Å²) in [5, 5.41) is 16.3. The Morgan fingerprint density at radius 1 is 1.43 bits per heavy atom. The van der Waals surface area contributed by atoms with Gasteiger partial charge in [-0.05, 0) is 29.7 Å². The van der Waals surface area contributed by atoms with E-state index in [-0.39, 0.29) is 6.73 Å². The zero-order valence-electron chi connectivity index (χ0n) is 11.9. The van der Waals surface area contributed by atoms with Crippen LogP contribution in [0.15, 0.2) is 6.07 Å². The number of anilines is 1. The molecule has 0 radical (unpaired) electrons. The molecule has 0 unspecified atom stereocenters. The third-order valence-electron chi connectivity index (χ3n) is 3.37. The maximum atomic E-state index is 6.32. The lowest BCUT2D eigenvalue weighted by Gasteiger charge is -2.22. The van der Waals surface area contributed by atoms with Gasteiger partial charge in [-0.25, -0.2) is 0 Å². The summed E-state index contributed by atoms with van der Waals surface area (Å²) in [4.78, 5) is 1.38. The number of aryl methyl sites for hydroxylation is 1. The zero-order chi connectivity index (χ0) is 14.8. The molecule has 0 atom stereocenters. The van der Waals surface area contributed by atoms with Crippen LogP contribution in [0.4, 0.5) is 5.69 Å². The van der Waals surface area contributed by atoms with E-state index < -0.39 is 0 Å². The Kier molecular flexibility index (Phi) is 3.94. The Labute approximate surface area is 127 Å². The van der Waals surface area contributed by atoms with E-state index in [1.165, 1.54) is 4.80 Å². The molecule has 0 amide bonds. The van der Waals surface area contributed by atoms with Crippen LogP contribution < -0.4 is 10.1 Å².